The predicted molar refractivity (Wildman–Crippen MR) is 74.6 cm³/mol. The summed E-state index contributed by atoms with van der Waals surface area (Å²) in [5, 5.41) is 11.6. The van der Waals surface area contributed by atoms with Crippen LogP contribution in [0.15, 0.2) is 36.4 Å². The number of nitrogens with one attached hydrogen (secondary N) is 1. The zero-order valence-corrected chi connectivity index (χ0v) is 11.3. The molecule has 0 aliphatic heterocycles. The number of amides is 1. The molecule has 106 valence electrons. The second kappa shape index (κ2) is 6.14. The molecule has 0 aliphatic rings. The number of nitriles is 1. The van der Waals surface area contributed by atoms with Gasteiger partial charge in [-0.1, -0.05) is 24.3 Å². The van der Waals surface area contributed by atoms with Crippen molar-refractivity contribution in [3.8, 4) is 6.07 Å². The largest absolute Gasteiger partial charge is 0.325 e. The summed E-state index contributed by atoms with van der Waals surface area (Å²) in [6, 6.07) is 10.7. The number of carbonyl (C=O) groups is 1. The van der Waals surface area contributed by atoms with Crippen molar-refractivity contribution in [1.82, 2.24) is 0 Å². The molecule has 1 N–H and O–H groups in total. The molecular formula is C16H12F2N2O. The van der Waals surface area contributed by atoms with Crippen LogP contribution < -0.4 is 5.32 Å². The van der Waals surface area contributed by atoms with E-state index in [-0.39, 0.29) is 12.0 Å². The van der Waals surface area contributed by atoms with Gasteiger partial charge < -0.3 is 5.32 Å². The first-order valence-electron chi connectivity index (χ1n) is 6.25. The van der Waals surface area contributed by atoms with E-state index in [0.717, 1.165) is 11.6 Å². The summed E-state index contributed by atoms with van der Waals surface area (Å²) in [6.07, 6.45) is -0.303. The molecule has 0 bridgehead atoms. The van der Waals surface area contributed by atoms with Crippen molar-refractivity contribution in [3.05, 3.63) is 64.7 Å². The van der Waals surface area contributed by atoms with Crippen LogP contribution in [-0.4, -0.2) is 5.91 Å². The number of nitrogens with zero attached hydrogens (tertiary/aromatic N) is 1. The maximum absolute atomic E-state index is 13.5. The number of hydrogen-bond acceptors (Lipinski definition) is 2. The minimum absolute atomic E-state index is 0.0290. The lowest BCUT2D eigenvalue weighted by Crippen LogP contribution is -2.16. The lowest BCUT2D eigenvalue weighted by Gasteiger charge is -2.09. The van der Waals surface area contributed by atoms with Crippen molar-refractivity contribution in [2.24, 2.45) is 0 Å². The van der Waals surface area contributed by atoms with E-state index in [9.17, 15) is 13.6 Å². The van der Waals surface area contributed by atoms with Crippen LogP contribution in [0, 0.1) is 29.9 Å². The predicted octanol–water partition coefficient (Wildman–Crippen LogP) is 3.33. The zero-order valence-electron chi connectivity index (χ0n) is 11.3. The van der Waals surface area contributed by atoms with Crippen molar-refractivity contribution in [2.45, 2.75) is 13.3 Å². The van der Waals surface area contributed by atoms with Gasteiger partial charge in [0.2, 0.25) is 5.91 Å². The molecule has 0 heterocycles. The summed E-state index contributed by atoms with van der Waals surface area (Å²) < 4.78 is 26.6. The van der Waals surface area contributed by atoms with Gasteiger partial charge in [0.25, 0.3) is 0 Å². The average molecular weight is 286 g/mol. The Labute approximate surface area is 120 Å². The second-order valence-electron chi connectivity index (χ2n) is 4.55. The van der Waals surface area contributed by atoms with Crippen molar-refractivity contribution in [3.63, 3.8) is 0 Å². The molecule has 0 unspecified atom stereocenters. The van der Waals surface area contributed by atoms with Gasteiger partial charge in [0.1, 0.15) is 6.07 Å². The van der Waals surface area contributed by atoms with E-state index in [1.807, 2.05) is 6.07 Å². The van der Waals surface area contributed by atoms with E-state index >= 15 is 0 Å². The zero-order chi connectivity index (χ0) is 15.4. The fraction of sp³-hybridized carbons (Fsp3) is 0.125. The molecule has 0 saturated carbocycles. The Hall–Kier alpha value is -2.74. The summed E-state index contributed by atoms with van der Waals surface area (Å²) in [5.74, 6) is -2.53. The first-order chi connectivity index (χ1) is 10.0. The first-order valence-corrected chi connectivity index (χ1v) is 6.25. The number of aryl methyl sites for hydroxylation is 1. The van der Waals surface area contributed by atoms with Crippen LogP contribution in [0.5, 0.6) is 0 Å². The molecule has 5 heteroatoms. The van der Waals surface area contributed by atoms with Crippen molar-refractivity contribution < 1.29 is 13.6 Å². The molecule has 2 aromatic carbocycles. The highest BCUT2D eigenvalue weighted by atomic mass is 19.2. The molecule has 2 rings (SSSR count). The number of carbonyl (C=O) groups excluding carboxylic acids is 1. The molecule has 0 aliphatic carbocycles. The van der Waals surface area contributed by atoms with Gasteiger partial charge >= 0.3 is 0 Å². The highest BCUT2D eigenvalue weighted by Gasteiger charge is 2.13. The molecule has 0 fully saturated rings. The van der Waals surface area contributed by atoms with Crippen LogP contribution in [-0.2, 0) is 11.2 Å². The maximum atomic E-state index is 13.5. The standard InChI is InChI=1S/C16H12F2N2O/c1-10-4-2-7-14(12(10)9-19)20-15(21)8-11-5-3-6-13(17)16(11)18/h2-7H,8H2,1H3,(H,20,21). The number of rotatable bonds is 3. The molecule has 0 radical (unpaired) electrons. The molecule has 1 amide bonds. The highest BCUT2D eigenvalue weighted by Crippen LogP contribution is 2.19. The SMILES string of the molecule is Cc1cccc(NC(=O)Cc2cccc(F)c2F)c1C#N. The van der Waals surface area contributed by atoms with Gasteiger partial charge in [-0.2, -0.15) is 5.26 Å². The van der Waals surface area contributed by atoms with Crippen molar-refractivity contribution in [1.29, 1.82) is 5.26 Å². The molecule has 3 nitrogen and oxygen atoms in total. The Morgan fingerprint density at radius 2 is 1.95 bits per heavy atom. The molecule has 2 aromatic rings. The molecule has 0 spiro atoms. The monoisotopic (exact) mass is 286 g/mol. The van der Waals surface area contributed by atoms with Gasteiger partial charge in [-0.05, 0) is 24.6 Å². The van der Waals surface area contributed by atoms with Gasteiger partial charge in [0.05, 0.1) is 17.7 Å². The topological polar surface area (TPSA) is 52.9 Å². The third-order valence-electron chi connectivity index (χ3n) is 3.04. The molecule has 0 aromatic heterocycles. The quantitative estimate of drug-likeness (QED) is 0.941. The summed E-state index contributed by atoms with van der Waals surface area (Å²) in [6.45, 7) is 1.75. The van der Waals surface area contributed by atoms with E-state index in [1.54, 1.807) is 25.1 Å². The Bertz CT molecular complexity index is 736. The van der Waals surface area contributed by atoms with Gasteiger partial charge in [-0.3, -0.25) is 4.79 Å². The maximum Gasteiger partial charge on any atom is 0.228 e. The minimum atomic E-state index is -1.03. The fourth-order valence-corrected chi connectivity index (χ4v) is 1.97. The van der Waals surface area contributed by atoms with Gasteiger partial charge in [-0.25, -0.2) is 8.78 Å². The Balaban J connectivity index is 2.18. The third-order valence-corrected chi connectivity index (χ3v) is 3.04. The first kappa shape index (κ1) is 14.7. The highest BCUT2D eigenvalue weighted by molar-refractivity contribution is 5.93. The van der Waals surface area contributed by atoms with Crippen LogP contribution in [0.3, 0.4) is 0 Å². The van der Waals surface area contributed by atoms with Crippen molar-refractivity contribution >= 4 is 11.6 Å². The Kier molecular flexibility index (Phi) is 4.29. The van der Waals surface area contributed by atoms with Crippen LogP contribution >= 0.6 is 0 Å². The summed E-state index contributed by atoms with van der Waals surface area (Å²) in [5.41, 5.74) is 1.41. The molecule has 0 atom stereocenters. The lowest BCUT2D eigenvalue weighted by molar-refractivity contribution is -0.115. The number of anilines is 1. The van der Waals surface area contributed by atoms with E-state index < -0.39 is 17.5 Å². The van der Waals surface area contributed by atoms with Crippen molar-refractivity contribution in [2.75, 3.05) is 5.32 Å². The lowest BCUT2D eigenvalue weighted by atomic mass is 10.1. The van der Waals surface area contributed by atoms with Gasteiger partial charge in [-0.15, -0.1) is 0 Å². The normalized spacial score (nSPS) is 10.0. The summed E-state index contributed by atoms with van der Waals surface area (Å²) in [4.78, 5) is 11.9. The smallest absolute Gasteiger partial charge is 0.228 e. The van der Waals surface area contributed by atoms with E-state index in [2.05, 4.69) is 5.32 Å². The van der Waals surface area contributed by atoms with Crippen LogP contribution in [0.25, 0.3) is 0 Å². The van der Waals surface area contributed by atoms with E-state index in [4.69, 9.17) is 5.26 Å². The van der Waals surface area contributed by atoms with Crippen LogP contribution in [0.2, 0.25) is 0 Å². The van der Waals surface area contributed by atoms with Gasteiger partial charge in [0, 0.05) is 5.56 Å². The van der Waals surface area contributed by atoms with Gasteiger partial charge in [0.15, 0.2) is 11.6 Å². The van der Waals surface area contributed by atoms with E-state index in [1.165, 1.54) is 12.1 Å². The summed E-state index contributed by atoms with van der Waals surface area (Å²) >= 11 is 0. The Morgan fingerprint density at radius 3 is 2.67 bits per heavy atom. The average Bonchev–Trinajstić information content (AvgIpc) is 2.44. The third kappa shape index (κ3) is 3.23. The molecular weight excluding hydrogens is 274 g/mol. The van der Waals surface area contributed by atoms with E-state index in [0.29, 0.717) is 11.3 Å². The number of benzene rings is 2. The summed E-state index contributed by atoms with van der Waals surface area (Å²) in [7, 11) is 0. The molecule has 0 saturated heterocycles. The van der Waals surface area contributed by atoms with Crippen LogP contribution in [0.1, 0.15) is 16.7 Å². The molecule has 21 heavy (non-hydrogen) atoms. The Morgan fingerprint density at radius 1 is 1.24 bits per heavy atom. The number of halogens is 2. The minimum Gasteiger partial charge on any atom is -0.325 e. The second-order valence-corrected chi connectivity index (χ2v) is 4.55. The number of hydrogen-bond donors (Lipinski definition) is 1. The van der Waals surface area contributed by atoms with Crippen LogP contribution in [0.4, 0.5) is 14.5 Å². The fourth-order valence-electron chi connectivity index (χ4n) is 1.97.